The summed E-state index contributed by atoms with van der Waals surface area (Å²) in [7, 11) is 2.00. The highest BCUT2D eigenvalue weighted by Crippen LogP contribution is 2.19. The van der Waals surface area contributed by atoms with E-state index < -0.39 is 0 Å². The average molecular weight is 306 g/mol. The van der Waals surface area contributed by atoms with Crippen molar-refractivity contribution in [1.29, 1.82) is 0 Å². The number of carbonyl (C=O) groups excluding carboxylic acids is 1. The standard InChI is InChI=1S/C17H26N2OS/c1-14-9-11-21-16(14)12-19(2)13-17(20)18-10-8-15-6-4-3-5-7-15/h6,9,11H,3-5,7-8,10,12-13H2,1-2H3,(H,18,20). The van der Waals surface area contributed by atoms with Gasteiger partial charge in [-0.2, -0.15) is 0 Å². The van der Waals surface area contributed by atoms with Crippen LogP contribution in [-0.2, 0) is 11.3 Å². The minimum atomic E-state index is 0.128. The molecule has 0 bridgehead atoms. The van der Waals surface area contributed by atoms with E-state index >= 15 is 0 Å². The summed E-state index contributed by atoms with van der Waals surface area (Å²) in [4.78, 5) is 15.4. The van der Waals surface area contributed by atoms with Gasteiger partial charge in [0.1, 0.15) is 0 Å². The molecule has 0 unspecified atom stereocenters. The molecule has 1 N–H and O–H groups in total. The molecule has 0 radical (unpaired) electrons. The first-order valence-electron chi connectivity index (χ1n) is 7.81. The van der Waals surface area contributed by atoms with Crippen LogP contribution >= 0.6 is 11.3 Å². The molecule has 21 heavy (non-hydrogen) atoms. The molecule has 1 aliphatic rings. The van der Waals surface area contributed by atoms with Crippen LogP contribution in [0.2, 0.25) is 0 Å². The molecular formula is C17H26N2OS. The number of nitrogens with zero attached hydrogens (tertiary/aromatic N) is 1. The molecule has 1 aliphatic carbocycles. The van der Waals surface area contributed by atoms with Crippen LogP contribution in [0, 0.1) is 6.92 Å². The van der Waals surface area contributed by atoms with Crippen LogP contribution in [0.5, 0.6) is 0 Å². The Bertz CT molecular complexity index is 493. The maximum absolute atomic E-state index is 11.9. The fourth-order valence-electron chi connectivity index (χ4n) is 2.66. The predicted octanol–water partition coefficient (Wildman–Crippen LogP) is 3.50. The van der Waals surface area contributed by atoms with E-state index in [0.717, 1.165) is 19.5 Å². The highest BCUT2D eigenvalue weighted by Gasteiger charge is 2.09. The highest BCUT2D eigenvalue weighted by molar-refractivity contribution is 7.10. The zero-order valence-corrected chi connectivity index (χ0v) is 14.0. The van der Waals surface area contributed by atoms with Crippen LogP contribution in [0.25, 0.3) is 0 Å². The van der Waals surface area contributed by atoms with Gasteiger partial charge >= 0.3 is 0 Å². The van der Waals surface area contributed by atoms with Gasteiger partial charge in [0.25, 0.3) is 0 Å². The second-order valence-electron chi connectivity index (χ2n) is 5.91. The number of hydrogen-bond donors (Lipinski definition) is 1. The second-order valence-corrected chi connectivity index (χ2v) is 6.91. The molecule has 0 aliphatic heterocycles. The average Bonchev–Trinajstić information content (AvgIpc) is 2.85. The number of allylic oxidation sites excluding steroid dienone is 1. The summed E-state index contributed by atoms with van der Waals surface area (Å²) < 4.78 is 0. The number of carbonyl (C=O) groups is 1. The van der Waals surface area contributed by atoms with Gasteiger partial charge in [-0.15, -0.1) is 11.3 Å². The largest absolute Gasteiger partial charge is 0.355 e. The number of nitrogens with one attached hydrogen (secondary N) is 1. The van der Waals surface area contributed by atoms with E-state index in [1.54, 1.807) is 11.3 Å². The van der Waals surface area contributed by atoms with Gasteiger partial charge in [-0.3, -0.25) is 9.69 Å². The summed E-state index contributed by atoms with van der Waals surface area (Å²) in [6.45, 7) is 4.21. The van der Waals surface area contributed by atoms with E-state index in [9.17, 15) is 4.79 Å². The first-order chi connectivity index (χ1) is 10.1. The normalized spacial score (nSPS) is 15.1. The summed E-state index contributed by atoms with van der Waals surface area (Å²) in [5.41, 5.74) is 2.83. The molecule has 4 heteroatoms. The monoisotopic (exact) mass is 306 g/mol. The molecule has 0 atom stereocenters. The number of thiophene rings is 1. The van der Waals surface area contributed by atoms with E-state index in [1.165, 1.54) is 41.7 Å². The summed E-state index contributed by atoms with van der Waals surface area (Å²) in [6, 6.07) is 2.13. The SMILES string of the molecule is Cc1ccsc1CN(C)CC(=O)NCCC1=CCCCC1. The Balaban J connectivity index is 1.64. The summed E-state index contributed by atoms with van der Waals surface area (Å²) in [5.74, 6) is 0.128. The third-order valence-corrected chi connectivity index (χ3v) is 4.96. The van der Waals surface area contributed by atoms with Gasteiger partial charge in [-0.1, -0.05) is 11.6 Å². The van der Waals surface area contributed by atoms with Gasteiger partial charge in [-0.05, 0) is 63.1 Å². The van der Waals surface area contributed by atoms with E-state index in [1.807, 2.05) is 7.05 Å². The fraction of sp³-hybridized carbons (Fsp3) is 0.588. The van der Waals surface area contributed by atoms with Crippen molar-refractivity contribution in [2.24, 2.45) is 0 Å². The quantitative estimate of drug-likeness (QED) is 0.782. The van der Waals surface area contributed by atoms with Crippen LogP contribution in [0.3, 0.4) is 0 Å². The molecule has 0 fully saturated rings. The van der Waals surface area contributed by atoms with Gasteiger partial charge in [0.05, 0.1) is 6.54 Å². The molecule has 0 spiro atoms. The van der Waals surface area contributed by atoms with Gasteiger partial charge in [0.2, 0.25) is 5.91 Å². The van der Waals surface area contributed by atoms with E-state index in [0.29, 0.717) is 6.54 Å². The molecule has 1 aromatic rings. The Morgan fingerprint density at radius 2 is 2.29 bits per heavy atom. The smallest absolute Gasteiger partial charge is 0.234 e. The van der Waals surface area contributed by atoms with Crippen molar-refractivity contribution < 1.29 is 4.79 Å². The Labute approximate surface area is 132 Å². The van der Waals surface area contributed by atoms with Gasteiger partial charge in [0.15, 0.2) is 0 Å². The van der Waals surface area contributed by atoms with Crippen molar-refractivity contribution in [3.05, 3.63) is 33.5 Å². The minimum absolute atomic E-state index is 0.128. The first kappa shape index (κ1) is 16.2. The number of amides is 1. The number of rotatable bonds is 7. The molecule has 0 saturated heterocycles. The molecule has 1 heterocycles. The third kappa shape index (κ3) is 5.64. The van der Waals surface area contributed by atoms with E-state index in [-0.39, 0.29) is 5.91 Å². The molecule has 1 aromatic heterocycles. The Hall–Kier alpha value is -1.13. The van der Waals surface area contributed by atoms with Crippen LogP contribution < -0.4 is 5.32 Å². The van der Waals surface area contributed by atoms with E-state index in [2.05, 4.69) is 34.7 Å². The topological polar surface area (TPSA) is 32.3 Å². The minimum Gasteiger partial charge on any atom is -0.355 e. The van der Waals surface area contributed by atoms with Crippen molar-refractivity contribution in [2.75, 3.05) is 20.1 Å². The lowest BCUT2D eigenvalue weighted by atomic mass is 9.97. The summed E-state index contributed by atoms with van der Waals surface area (Å²) >= 11 is 1.76. The molecule has 3 nitrogen and oxygen atoms in total. The predicted molar refractivity (Wildman–Crippen MR) is 89.6 cm³/mol. The van der Waals surface area contributed by atoms with Crippen molar-refractivity contribution in [3.63, 3.8) is 0 Å². The lowest BCUT2D eigenvalue weighted by Gasteiger charge is -2.17. The highest BCUT2D eigenvalue weighted by atomic mass is 32.1. The zero-order chi connectivity index (χ0) is 15.1. The number of likely N-dealkylation sites (N-methyl/N-ethyl adjacent to an activating group) is 1. The Kier molecular flexibility index (Phi) is 6.46. The lowest BCUT2D eigenvalue weighted by Crippen LogP contribution is -2.35. The Morgan fingerprint density at radius 1 is 1.43 bits per heavy atom. The van der Waals surface area contributed by atoms with Crippen molar-refractivity contribution in [1.82, 2.24) is 10.2 Å². The second kappa shape index (κ2) is 8.35. The summed E-state index contributed by atoms with van der Waals surface area (Å²) in [5, 5.41) is 5.14. The molecule has 1 amide bonds. The molecule has 0 saturated carbocycles. The van der Waals surface area contributed by atoms with Crippen LogP contribution in [0.1, 0.15) is 42.5 Å². The zero-order valence-electron chi connectivity index (χ0n) is 13.2. The molecule has 2 rings (SSSR count). The maximum atomic E-state index is 11.9. The van der Waals surface area contributed by atoms with Gasteiger partial charge < -0.3 is 5.32 Å². The Morgan fingerprint density at radius 3 is 2.95 bits per heavy atom. The lowest BCUT2D eigenvalue weighted by molar-refractivity contribution is -0.122. The fourth-order valence-corrected chi connectivity index (χ4v) is 3.65. The van der Waals surface area contributed by atoms with Gasteiger partial charge in [-0.25, -0.2) is 0 Å². The number of hydrogen-bond acceptors (Lipinski definition) is 3. The van der Waals surface area contributed by atoms with Crippen LogP contribution in [0.4, 0.5) is 0 Å². The third-order valence-electron chi connectivity index (χ3n) is 3.95. The van der Waals surface area contributed by atoms with Crippen molar-refractivity contribution in [2.45, 2.75) is 45.6 Å². The molecule has 116 valence electrons. The van der Waals surface area contributed by atoms with E-state index in [4.69, 9.17) is 0 Å². The summed E-state index contributed by atoms with van der Waals surface area (Å²) in [6.07, 6.45) is 8.42. The molecule has 0 aromatic carbocycles. The van der Waals surface area contributed by atoms with Crippen molar-refractivity contribution in [3.8, 4) is 0 Å². The van der Waals surface area contributed by atoms with Crippen LogP contribution in [-0.4, -0.2) is 30.9 Å². The van der Waals surface area contributed by atoms with Crippen molar-refractivity contribution >= 4 is 17.2 Å². The van der Waals surface area contributed by atoms with Crippen LogP contribution in [0.15, 0.2) is 23.1 Å². The molecular weight excluding hydrogens is 280 g/mol. The first-order valence-corrected chi connectivity index (χ1v) is 8.69. The van der Waals surface area contributed by atoms with Gasteiger partial charge in [0, 0.05) is 18.0 Å². The number of aryl methyl sites for hydroxylation is 1. The maximum Gasteiger partial charge on any atom is 0.234 e.